The maximum atomic E-state index is 10.7. The first-order valence-electron chi connectivity index (χ1n) is 12.3. The molecule has 0 aliphatic heterocycles. The average Bonchev–Trinajstić information content (AvgIpc) is 2.82. The van der Waals surface area contributed by atoms with Gasteiger partial charge in [0.25, 0.3) is 0 Å². The number of fused-ring (bicyclic) bond motifs is 3. The quantitative estimate of drug-likeness (QED) is 0.175. The molecule has 2 aromatic heterocycles. The van der Waals surface area contributed by atoms with Crippen molar-refractivity contribution < 1.29 is 29.7 Å². The van der Waals surface area contributed by atoms with Crippen LogP contribution in [0.2, 0.25) is 0 Å². The first kappa shape index (κ1) is 26.8. The van der Waals surface area contributed by atoms with E-state index in [1.165, 1.54) is 0 Å². The largest absolute Gasteiger partial charge is 0.507 e. The topological polar surface area (TPSA) is 66.2 Å². The third-order valence-corrected chi connectivity index (χ3v) is 6.80. The van der Waals surface area contributed by atoms with Crippen molar-refractivity contribution in [2.75, 3.05) is 0 Å². The molecular formula is C32H32N2O2Zn. The van der Waals surface area contributed by atoms with Crippen molar-refractivity contribution in [3.63, 3.8) is 0 Å². The number of phenolic OH excluding ortho intramolecular Hbond substituents is 2. The van der Waals surface area contributed by atoms with Crippen molar-refractivity contribution >= 4 is 21.8 Å². The Morgan fingerprint density at radius 3 is 1.22 bits per heavy atom. The van der Waals surface area contributed by atoms with E-state index in [4.69, 9.17) is 9.97 Å². The summed E-state index contributed by atoms with van der Waals surface area (Å²) in [5.74, 6) is 0.403. The maximum Gasteiger partial charge on any atom is 0.124 e. The minimum Gasteiger partial charge on any atom is -0.507 e. The summed E-state index contributed by atoms with van der Waals surface area (Å²) >= 11 is 0. The van der Waals surface area contributed by atoms with Crippen LogP contribution in [0.4, 0.5) is 0 Å². The van der Waals surface area contributed by atoms with E-state index < -0.39 is 0 Å². The number of phenols is 2. The summed E-state index contributed by atoms with van der Waals surface area (Å²) in [5, 5.41) is 23.3. The molecule has 3 aromatic carbocycles. The van der Waals surface area contributed by atoms with Gasteiger partial charge in [-0.25, -0.2) is 9.97 Å². The number of nitrogens with zero attached hydrogens (tertiary/aromatic N) is 2. The minimum absolute atomic E-state index is 0. The fraction of sp³-hybridized carbons (Fsp3) is 0.250. The fourth-order valence-corrected chi connectivity index (χ4v) is 4.48. The van der Waals surface area contributed by atoms with Crippen molar-refractivity contribution in [3.8, 4) is 34.0 Å². The van der Waals surface area contributed by atoms with E-state index in [-0.39, 0.29) is 41.8 Å². The Hall–Kier alpha value is -3.30. The van der Waals surface area contributed by atoms with E-state index in [1.807, 2.05) is 60.7 Å². The van der Waals surface area contributed by atoms with Gasteiger partial charge < -0.3 is 10.2 Å². The van der Waals surface area contributed by atoms with Crippen LogP contribution in [0.3, 0.4) is 0 Å². The Kier molecular flexibility index (Phi) is 6.90. The van der Waals surface area contributed by atoms with E-state index in [0.717, 1.165) is 32.9 Å². The third-order valence-electron chi connectivity index (χ3n) is 6.80. The second-order valence-electron chi connectivity index (χ2n) is 11.6. The molecule has 0 aliphatic rings. The van der Waals surface area contributed by atoms with Gasteiger partial charge in [0, 0.05) is 41.4 Å². The minimum atomic E-state index is -0.0496. The molecular weight excluding hydrogens is 510 g/mol. The number of rotatable bonds is 2. The van der Waals surface area contributed by atoms with Crippen molar-refractivity contribution in [1.82, 2.24) is 9.97 Å². The van der Waals surface area contributed by atoms with Gasteiger partial charge in [0.15, 0.2) is 0 Å². The van der Waals surface area contributed by atoms with E-state index in [1.54, 1.807) is 12.1 Å². The van der Waals surface area contributed by atoms with Gasteiger partial charge in [-0.15, -0.1) is 0 Å². The number of benzene rings is 3. The zero-order valence-corrected chi connectivity index (χ0v) is 25.4. The van der Waals surface area contributed by atoms with E-state index >= 15 is 0 Å². The second-order valence-corrected chi connectivity index (χ2v) is 11.6. The molecule has 0 radical (unpaired) electrons. The Bertz CT molecular complexity index is 1510. The zero-order valence-electron chi connectivity index (χ0n) is 22.4. The van der Waals surface area contributed by atoms with E-state index in [9.17, 15) is 10.2 Å². The third kappa shape index (κ3) is 5.11. The van der Waals surface area contributed by atoms with Crippen molar-refractivity contribution in [1.29, 1.82) is 0 Å². The number of aromatic nitrogens is 2. The van der Waals surface area contributed by atoms with Gasteiger partial charge in [-0.2, -0.15) is 0 Å². The average molecular weight is 542 g/mol. The van der Waals surface area contributed by atoms with Gasteiger partial charge >= 0.3 is 0 Å². The van der Waals surface area contributed by atoms with E-state index in [2.05, 4.69) is 41.5 Å². The predicted molar refractivity (Wildman–Crippen MR) is 149 cm³/mol. The molecule has 0 spiro atoms. The first-order chi connectivity index (χ1) is 16.9. The van der Waals surface area contributed by atoms with Crippen LogP contribution >= 0.6 is 0 Å². The van der Waals surface area contributed by atoms with Crippen LogP contribution in [0.25, 0.3) is 44.3 Å². The molecule has 0 unspecified atom stereocenters. The Morgan fingerprint density at radius 2 is 0.865 bits per heavy atom. The normalized spacial score (nSPS) is 12.1. The molecule has 0 bridgehead atoms. The summed E-state index contributed by atoms with van der Waals surface area (Å²) < 4.78 is 0. The predicted octanol–water partition coefficient (Wildman–Crippen LogP) is 8.12. The Labute approximate surface area is 231 Å². The molecule has 0 atom stereocenters. The fourth-order valence-electron chi connectivity index (χ4n) is 4.48. The molecule has 2 heterocycles. The summed E-state index contributed by atoms with van der Waals surface area (Å²) in [7, 11) is 0. The van der Waals surface area contributed by atoms with Crippen LogP contribution in [-0.4, -0.2) is 20.2 Å². The van der Waals surface area contributed by atoms with Crippen molar-refractivity contribution in [2.45, 2.75) is 52.4 Å². The maximum absolute atomic E-state index is 10.7. The first-order valence-corrected chi connectivity index (χ1v) is 12.3. The summed E-state index contributed by atoms with van der Waals surface area (Å²) in [6.45, 7) is 12.9. The van der Waals surface area contributed by atoms with Gasteiger partial charge in [0.2, 0.25) is 0 Å². The number of hydrogen-bond donors (Lipinski definition) is 2. The Morgan fingerprint density at radius 1 is 0.514 bits per heavy atom. The molecule has 0 fully saturated rings. The molecule has 4 nitrogen and oxygen atoms in total. The molecule has 0 aliphatic carbocycles. The van der Waals surface area contributed by atoms with Crippen LogP contribution < -0.4 is 0 Å². The molecule has 5 aromatic rings. The summed E-state index contributed by atoms with van der Waals surface area (Å²) in [6.07, 6.45) is 0. The van der Waals surface area contributed by atoms with Gasteiger partial charge in [-0.05, 0) is 58.4 Å². The molecule has 184 valence electrons. The van der Waals surface area contributed by atoms with Crippen molar-refractivity contribution in [3.05, 3.63) is 83.9 Å². The van der Waals surface area contributed by atoms with Crippen LogP contribution in [0.5, 0.6) is 11.5 Å². The molecule has 37 heavy (non-hydrogen) atoms. The van der Waals surface area contributed by atoms with Gasteiger partial charge in [-0.3, -0.25) is 0 Å². The summed E-state index contributed by atoms with van der Waals surface area (Å²) in [6, 6.07) is 23.4. The molecule has 0 saturated heterocycles. The van der Waals surface area contributed by atoms with E-state index in [0.29, 0.717) is 22.5 Å². The van der Waals surface area contributed by atoms with Crippen molar-refractivity contribution in [2.24, 2.45) is 0 Å². The molecule has 5 rings (SSSR count). The molecule has 0 amide bonds. The van der Waals surface area contributed by atoms with Crippen LogP contribution in [0, 0.1) is 0 Å². The SMILES string of the molecule is CC(C)(C)c1ccc(O)c(-c2ccc3ccc4ccc(-c5cc(C(C)(C)C)ccc5O)nc4c3n2)c1.[Zn]. The zero-order chi connectivity index (χ0) is 25.8. The van der Waals surface area contributed by atoms with Crippen LogP contribution in [0.15, 0.2) is 72.8 Å². The molecule has 2 N–H and O–H groups in total. The van der Waals surface area contributed by atoms with Crippen LogP contribution in [0.1, 0.15) is 52.7 Å². The van der Waals surface area contributed by atoms with Gasteiger partial charge in [-0.1, -0.05) is 77.9 Å². The Balaban J connectivity index is 0.00000320. The number of aromatic hydroxyl groups is 2. The molecule has 5 heteroatoms. The summed E-state index contributed by atoms with van der Waals surface area (Å²) in [4.78, 5) is 9.97. The molecule has 0 saturated carbocycles. The monoisotopic (exact) mass is 540 g/mol. The van der Waals surface area contributed by atoms with Gasteiger partial charge in [0.1, 0.15) is 11.5 Å². The smallest absolute Gasteiger partial charge is 0.124 e. The number of pyridine rings is 2. The van der Waals surface area contributed by atoms with Crippen LogP contribution in [-0.2, 0) is 30.3 Å². The number of hydrogen-bond acceptors (Lipinski definition) is 4. The summed E-state index contributed by atoms with van der Waals surface area (Å²) in [5.41, 5.74) is 6.48. The second kappa shape index (κ2) is 9.54. The standard InChI is InChI=1S/C32H32N2O2.Zn/c1-31(2,3)21-11-15-27(35)23(17-21)25-13-9-19-7-8-20-10-14-26(34-30(20)29(19)33-25)24-18-22(32(4,5)6)12-16-28(24)36;/h7-18,35-36H,1-6H3;. The van der Waals surface area contributed by atoms with Gasteiger partial charge in [0.05, 0.1) is 22.4 Å².